The van der Waals surface area contributed by atoms with Crippen LogP contribution in [0.5, 0.6) is 11.5 Å². The average Bonchev–Trinajstić information content (AvgIpc) is 3.61. The predicted molar refractivity (Wildman–Crippen MR) is 173 cm³/mol. The summed E-state index contributed by atoms with van der Waals surface area (Å²) in [6.07, 6.45) is -10.3. The van der Waals surface area contributed by atoms with Crippen molar-refractivity contribution >= 4 is 28.0 Å². The highest BCUT2D eigenvalue weighted by atomic mass is 19.4. The van der Waals surface area contributed by atoms with Crippen LogP contribution in [0.3, 0.4) is 0 Å². The van der Waals surface area contributed by atoms with Gasteiger partial charge >= 0.3 is 12.7 Å². The summed E-state index contributed by atoms with van der Waals surface area (Å²) in [6.45, 7) is 23.1. The quantitative estimate of drug-likeness (QED) is 0.120. The lowest BCUT2D eigenvalue weighted by atomic mass is 9.84. The second kappa shape index (κ2) is 12.6. The van der Waals surface area contributed by atoms with Gasteiger partial charge in [-0.25, -0.2) is 25.1 Å². The maximum absolute atomic E-state index is 13.3. The highest BCUT2D eigenvalue weighted by Crippen LogP contribution is 2.62. The number of fused-ring (bicyclic) bond motifs is 4. The summed E-state index contributed by atoms with van der Waals surface area (Å²) in [6, 6.07) is 21.5. The van der Waals surface area contributed by atoms with E-state index in [9.17, 15) is 42.1 Å². The second-order valence-electron chi connectivity index (χ2n) is 10.8. The van der Waals surface area contributed by atoms with E-state index in [0.29, 0.717) is 11.1 Å². The van der Waals surface area contributed by atoms with Crippen molar-refractivity contribution in [2.75, 3.05) is 0 Å². The molecule has 0 fully saturated rings. The number of rotatable bonds is 4. The molecule has 0 saturated carbocycles. The molecule has 0 aromatic heterocycles. The number of hydrogen-bond donors (Lipinski definition) is 0. The Bertz CT molecular complexity index is 2410. The van der Waals surface area contributed by atoms with Crippen molar-refractivity contribution in [1.82, 2.24) is 0 Å². The SMILES string of the molecule is [C-]#[N+]/C(C#N)=C1C2=C(/C(=C(\C#N)[N+]#[C-])c3c2cccc3-c2ccc([N+]#[C-])c(OC(F)(F)F)c2)c2cccc(-c3ccc(C#N)c(OC(F)(F)F)c3)c2\1. The Morgan fingerprint density at radius 3 is 1.46 bits per heavy atom. The normalized spacial score (nSPS) is 14.6. The van der Waals surface area contributed by atoms with Gasteiger partial charge in [0, 0.05) is 11.1 Å². The minimum Gasteiger partial charge on any atom is -0.418 e. The summed E-state index contributed by atoms with van der Waals surface area (Å²) in [5, 5.41) is 29.8. The molecular formula is C38H12F6N6O2. The smallest absolute Gasteiger partial charge is 0.418 e. The Balaban J connectivity index is 1.68. The molecule has 4 aromatic carbocycles. The number of nitriles is 3. The molecule has 2 aliphatic carbocycles. The molecule has 0 amide bonds. The Morgan fingerprint density at radius 1 is 0.596 bits per heavy atom. The van der Waals surface area contributed by atoms with Crippen LogP contribution >= 0.6 is 0 Å². The van der Waals surface area contributed by atoms with Crippen molar-refractivity contribution < 1.29 is 35.8 Å². The highest BCUT2D eigenvalue weighted by molar-refractivity contribution is 6.39. The lowest BCUT2D eigenvalue weighted by Crippen LogP contribution is -2.17. The third-order valence-electron chi connectivity index (χ3n) is 8.08. The lowest BCUT2D eigenvalue weighted by Gasteiger charge is -2.20. The van der Waals surface area contributed by atoms with Gasteiger partial charge in [-0.05, 0) is 73.9 Å². The molecule has 0 spiro atoms. The maximum Gasteiger partial charge on any atom is 0.573 e. The summed E-state index contributed by atoms with van der Waals surface area (Å²) in [7, 11) is 0. The molecule has 52 heavy (non-hydrogen) atoms. The molecule has 4 aromatic rings. The van der Waals surface area contributed by atoms with E-state index in [0.717, 1.165) is 24.3 Å². The van der Waals surface area contributed by atoms with Crippen LogP contribution in [0.15, 0.2) is 84.2 Å². The van der Waals surface area contributed by atoms with Gasteiger partial charge in [-0.3, -0.25) is 0 Å². The van der Waals surface area contributed by atoms with Gasteiger partial charge in [0.2, 0.25) is 5.69 Å². The largest absolute Gasteiger partial charge is 0.573 e. The minimum absolute atomic E-state index is 0.0286. The zero-order chi connectivity index (χ0) is 37.5. The van der Waals surface area contributed by atoms with E-state index in [2.05, 4.69) is 24.0 Å². The van der Waals surface area contributed by atoms with Gasteiger partial charge in [-0.1, -0.05) is 54.6 Å². The Hall–Kier alpha value is -7.78. The van der Waals surface area contributed by atoms with Gasteiger partial charge in [0.25, 0.3) is 11.4 Å². The van der Waals surface area contributed by atoms with Crippen LogP contribution < -0.4 is 9.47 Å². The first-order valence-electron chi connectivity index (χ1n) is 14.4. The number of hydrogen-bond acceptors (Lipinski definition) is 5. The summed E-state index contributed by atoms with van der Waals surface area (Å²) >= 11 is 0. The average molecular weight is 699 g/mol. The number of ether oxygens (including phenoxy) is 2. The van der Waals surface area contributed by atoms with Crippen LogP contribution in [0, 0.1) is 53.7 Å². The molecule has 0 bridgehead atoms. The molecular weight excluding hydrogens is 686 g/mol. The molecule has 0 atom stereocenters. The molecule has 8 nitrogen and oxygen atoms in total. The van der Waals surface area contributed by atoms with Gasteiger partial charge in [-0.15, -0.1) is 26.3 Å². The number of benzene rings is 4. The first-order chi connectivity index (χ1) is 24.8. The van der Waals surface area contributed by atoms with E-state index in [1.807, 2.05) is 12.1 Å². The summed E-state index contributed by atoms with van der Waals surface area (Å²) in [5.74, 6) is -1.59. The van der Waals surface area contributed by atoms with Gasteiger partial charge in [0.05, 0.1) is 37.4 Å². The van der Waals surface area contributed by atoms with Crippen LogP contribution in [0.25, 0.3) is 59.1 Å². The molecule has 0 aliphatic heterocycles. The second-order valence-corrected chi connectivity index (χ2v) is 10.8. The van der Waals surface area contributed by atoms with E-state index < -0.39 is 46.9 Å². The number of allylic oxidation sites excluding steroid dienone is 6. The molecule has 2 aliphatic rings. The first kappa shape index (κ1) is 34.1. The fourth-order valence-electron chi connectivity index (χ4n) is 6.30. The zero-order valence-electron chi connectivity index (χ0n) is 25.7. The molecule has 14 heteroatoms. The first-order valence-corrected chi connectivity index (χ1v) is 14.4. The zero-order valence-corrected chi connectivity index (χ0v) is 25.7. The number of nitrogens with zero attached hydrogens (tertiary/aromatic N) is 6. The molecule has 0 saturated heterocycles. The molecule has 0 heterocycles. The van der Waals surface area contributed by atoms with E-state index in [-0.39, 0.29) is 55.7 Å². The van der Waals surface area contributed by atoms with Gasteiger partial charge in [0.1, 0.15) is 17.6 Å². The monoisotopic (exact) mass is 698 g/mol. The van der Waals surface area contributed by atoms with Gasteiger partial charge in [0.15, 0.2) is 0 Å². The van der Waals surface area contributed by atoms with E-state index in [1.165, 1.54) is 36.4 Å². The predicted octanol–water partition coefficient (Wildman–Crippen LogP) is 10.5. The van der Waals surface area contributed by atoms with Gasteiger partial charge < -0.3 is 9.47 Å². The topological polar surface area (TPSA) is 103 Å². The third-order valence-corrected chi connectivity index (χ3v) is 8.08. The third kappa shape index (κ3) is 5.70. The van der Waals surface area contributed by atoms with Crippen molar-refractivity contribution in [1.29, 1.82) is 15.8 Å². The summed E-state index contributed by atoms with van der Waals surface area (Å²) < 4.78 is 88.1. The minimum atomic E-state index is -5.14. The van der Waals surface area contributed by atoms with E-state index >= 15 is 0 Å². The number of alkyl halides is 6. The molecule has 6 rings (SSSR count). The molecule has 248 valence electrons. The van der Waals surface area contributed by atoms with E-state index in [1.54, 1.807) is 18.2 Å². The Morgan fingerprint density at radius 2 is 1.04 bits per heavy atom. The summed E-state index contributed by atoms with van der Waals surface area (Å²) in [5.41, 5.74) is 0.444. The number of halogens is 6. The molecule has 0 N–H and O–H groups in total. The van der Waals surface area contributed by atoms with Crippen molar-refractivity contribution in [2.45, 2.75) is 12.7 Å². The molecule has 0 radical (unpaired) electrons. The lowest BCUT2D eigenvalue weighted by molar-refractivity contribution is -0.275. The maximum atomic E-state index is 13.3. The Kier molecular flexibility index (Phi) is 8.26. The Labute approximate surface area is 290 Å². The van der Waals surface area contributed by atoms with Crippen molar-refractivity contribution in [3.05, 3.63) is 146 Å². The molecule has 0 unspecified atom stereocenters. The standard InChI is InChI=1S/C38H12F6N6O2/c1-48-26-13-12-20(15-30(26)52-38(42,43)44)23-7-5-9-25-32(23)36(28(18-47)50-3)33-24-8-4-6-22(31(24)35(34(25)33)27(17-46)49-2)19-10-11-21(16-45)29(14-19)51-37(39,40)41/h4-15H/b35-27-,36-28+. The summed E-state index contributed by atoms with van der Waals surface area (Å²) in [4.78, 5) is 9.96. The van der Waals surface area contributed by atoms with Crippen LogP contribution in [0.2, 0.25) is 0 Å². The van der Waals surface area contributed by atoms with Gasteiger partial charge in [-0.2, -0.15) is 5.26 Å². The van der Waals surface area contributed by atoms with Crippen LogP contribution in [0.1, 0.15) is 27.8 Å². The van der Waals surface area contributed by atoms with Crippen LogP contribution in [-0.2, 0) is 0 Å². The van der Waals surface area contributed by atoms with Crippen molar-refractivity contribution in [3.8, 4) is 52.0 Å². The van der Waals surface area contributed by atoms with Crippen LogP contribution in [0.4, 0.5) is 32.0 Å². The highest BCUT2D eigenvalue weighted by Gasteiger charge is 2.42. The fraction of sp³-hybridized carbons (Fsp3) is 0.0526. The van der Waals surface area contributed by atoms with E-state index in [4.69, 9.17) is 19.7 Å². The fourth-order valence-corrected chi connectivity index (χ4v) is 6.30. The van der Waals surface area contributed by atoms with Crippen molar-refractivity contribution in [2.24, 2.45) is 0 Å². The van der Waals surface area contributed by atoms with Crippen molar-refractivity contribution in [3.63, 3.8) is 0 Å². The van der Waals surface area contributed by atoms with Crippen LogP contribution in [-0.4, -0.2) is 12.7 Å².